The second-order valence-electron chi connectivity index (χ2n) is 4.57. The van der Waals surface area contributed by atoms with Crippen LogP contribution in [0, 0.1) is 0 Å². The lowest BCUT2D eigenvalue weighted by Gasteiger charge is -1.99. The van der Waals surface area contributed by atoms with E-state index >= 15 is 0 Å². The topological polar surface area (TPSA) is 50.7 Å². The van der Waals surface area contributed by atoms with Crippen molar-refractivity contribution in [2.24, 2.45) is 0 Å². The van der Waals surface area contributed by atoms with Crippen LogP contribution in [0.25, 0.3) is 21.6 Å². The van der Waals surface area contributed by atoms with Gasteiger partial charge in [0.05, 0.1) is 5.52 Å². The van der Waals surface area contributed by atoms with Crippen molar-refractivity contribution in [3.8, 4) is 10.7 Å². The number of rotatable bonds is 5. The Morgan fingerprint density at radius 2 is 2.00 bits per heavy atom. The summed E-state index contributed by atoms with van der Waals surface area (Å²) in [6.45, 7) is 3.93. The molecule has 20 heavy (non-hydrogen) atoms. The summed E-state index contributed by atoms with van der Waals surface area (Å²) in [6, 6.07) is 12.2. The molecule has 0 aliphatic heterocycles. The van der Waals surface area contributed by atoms with E-state index < -0.39 is 0 Å². The average molecular weight is 284 g/mol. The molecule has 0 spiro atoms. The van der Waals surface area contributed by atoms with Crippen molar-refractivity contribution in [1.82, 2.24) is 20.5 Å². The summed E-state index contributed by atoms with van der Waals surface area (Å²) >= 11 is 1.60. The molecule has 2 heterocycles. The molecule has 0 radical (unpaired) electrons. The Labute approximate surface area is 121 Å². The fraction of sp³-hybridized carbons (Fsp3) is 0.267. The van der Waals surface area contributed by atoms with E-state index in [1.165, 1.54) is 0 Å². The van der Waals surface area contributed by atoms with Crippen LogP contribution in [0.15, 0.2) is 36.4 Å². The second kappa shape index (κ2) is 6.07. The molecule has 1 N–H and O–H groups in total. The molecule has 5 heteroatoms. The largest absolute Gasteiger partial charge is 0.310 e. The van der Waals surface area contributed by atoms with Crippen molar-refractivity contribution in [3.63, 3.8) is 0 Å². The molecule has 3 rings (SSSR count). The Kier molecular flexibility index (Phi) is 3.99. The van der Waals surface area contributed by atoms with Crippen molar-refractivity contribution in [2.45, 2.75) is 19.9 Å². The van der Waals surface area contributed by atoms with Crippen molar-refractivity contribution in [3.05, 3.63) is 41.4 Å². The van der Waals surface area contributed by atoms with Gasteiger partial charge in [-0.15, -0.1) is 10.2 Å². The highest BCUT2D eigenvalue weighted by Crippen LogP contribution is 2.23. The summed E-state index contributed by atoms with van der Waals surface area (Å²) in [5.41, 5.74) is 1.88. The number of hydrogen-bond acceptors (Lipinski definition) is 5. The maximum atomic E-state index is 4.64. The number of nitrogens with zero attached hydrogens (tertiary/aromatic N) is 3. The van der Waals surface area contributed by atoms with Crippen LogP contribution in [0.2, 0.25) is 0 Å². The molecule has 1 aromatic carbocycles. The molecule has 0 saturated heterocycles. The van der Waals surface area contributed by atoms with E-state index in [1.807, 2.05) is 24.3 Å². The van der Waals surface area contributed by atoms with Gasteiger partial charge < -0.3 is 5.32 Å². The molecule has 0 atom stereocenters. The van der Waals surface area contributed by atoms with Gasteiger partial charge in [0, 0.05) is 11.9 Å². The fourth-order valence-electron chi connectivity index (χ4n) is 1.99. The summed E-state index contributed by atoms with van der Waals surface area (Å²) in [5.74, 6) is 0. The summed E-state index contributed by atoms with van der Waals surface area (Å²) in [6.07, 6.45) is 1.12. The van der Waals surface area contributed by atoms with Crippen molar-refractivity contribution in [1.29, 1.82) is 0 Å². The molecule has 4 nitrogen and oxygen atoms in total. The Morgan fingerprint density at radius 3 is 2.90 bits per heavy atom. The Bertz CT molecular complexity index is 708. The SMILES string of the molecule is CCCNCc1nnc(-c2ccc3ccccc3n2)s1. The van der Waals surface area contributed by atoms with Gasteiger partial charge in [-0.1, -0.05) is 42.5 Å². The number of hydrogen-bond donors (Lipinski definition) is 1. The van der Waals surface area contributed by atoms with Crippen molar-refractivity contribution < 1.29 is 0 Å². The van der Waals surface area contributed by atoms with Crippen molar-refractivity contribution in [2.75, 3.05) is 6.54 Å². The maximum absolute atomic E-state index is 4.64. The van der Waals surface area contributed by atoms with E-state index in [4.69, 9.17) is 0 Å². The molecule has 3 aromatic rings. The van der Waals surface area contributed by atoms with Gasteiger partial charge in [0.15, 0.2) is 5.01 Å². The first kappa shape index (κ1) is 13.1. The highest BCUT2D eigenvalue weighted by molar-refractivity contribution is 7.14. The summed E-state index contributed by atoms with van der Waals surface area (Å²) in [4.78, 5) is 4.64. The van der Waals surface area contributed by atoms with Crippen LogP contribution < -0.4 is 5.32 Å². The third-order valence-electron chi connectivity index (χ3n) is 2.99. The fourth-order valence-corrected chi connectivity index (χ4v) is 2.76. The zero-order valence-electron chi connectivity index (χ0n) is 11.3. The van der Waals surface area contributed by atoms with Gasteiger partial charge in [0.25, 0.3) is 0 Å². The lowest BCUT2D eigenvalue weighted by atomic mass is 10.2. The second-order valence-corrected chi connectivity index (χ2v) is 5.63. The van der Waals surface area contributed by atoms with E-state index in [-0.39, 0.29) is 0 Å². The van der Waals surface area contributed by atoms with Crippen LogP contribution in [0.5, 0.6) is 0 Å². The molecule has 0 bridgehead atoms. The number of fused-ring (bicyclic) bond motifs is 1. The van der Waals surface area contributed by atoms with E-state index in [9.17, 15) is 0 Å². The normalized spacial score (nSPS) is 11.1. The van der Waals surface area contributed by atoms with Crippen LogP contribution in [-0.2, 0) is 6.54 Å². The highest BCUT2D eigenvalue weighted by Gasteiger charge is 2.08. The van der Waals surface area contributed by atoms with Crippen LogP contribution >= 0.6 is 11.3 Å². The molecule has 0 amide bonds. The first-order chi connectivity index (χ1) is 9.86. The zero-order chi connectivity index (χ0) is 13.8. The Hall–Kier alpha value is -1.85. The number of nitrogens with one attached hydrogen (secondary N) is 1. The third kappa shape index (κ3) is 2.84. The molecule has 0 unspecified atom stereocenters. The van der Waals surface area contributed by atoms with Crippen LogP contribution in [0.1, 0.15) is 18.4 Å². The predicted molar refractivity (Wildman–Crippen MR) is 82.6 cm³/mol. The standard InChI is InChI=1S/C15H16N4S/c1-2-9-16-10-14-18-19-15(20-14)13-8-7-11-5-3-4-6-12(11)17-13/h3-8,16H,2,9-10H2,1H3. The van der Waals surface area contributed by atoms with Gasteiger partial charge in [-0.3, -0.25) is 0 Å². The number of pyridine rings is 1. The minimum absolute atomic E-state index is 0.777. The highest BCUT2D eigenvalue weighted by atomic mass is 32.1. The zero-order valence-corrected chi connectivity index (χ0v) is 12.2. The maximum Gasteiger partial charge on any atom is 0.166 e. The van der Waals surface area contributed by atoms with Gasteiger partial charge in [-0.25, -0.2) is 4.98 Å². The first-order valence-corrected chi connectivity index (χ1v) is 7.57. The number of para-hydroxylation sites is 1. The van der Waals surface area contributed by atoms with Crippen LogP contribution in [-0.4, -0.2) is 21.7 Å². The minimum Gasteiger partial charge on any atom is -0.310 e. The third-order valence-corrected chi connectivity index (χ3v) is 3.93. The number of benzene rings is 1. The molecule has 0 saturated carbocycles. The Morgan fingerprint density at radius 1 is 1.10 bits per heavy atom. The number of aromatic nitrogens is 3. The summed E-state index contributed by atoms with van der Waals surface area (Å²) < 4.78 is 0. The first-order valence-electron chi connectivity index (χ1n) is 6.76. The monoisotopic (exact) mass is 284 g/mol. The molecule has 0 aliphatic rings. The summed E-state index contributed by atoms with van der Waals surface area (Å²) in [7, 11) is 0. The lowest BCUT2D eigenvalue weighted by Crippen LogP contribution is -2.13. The van der Waals surface area contributed by atoms with Gasteiger partial charge in [-0.2, -0.15) is 0 Å². The average Bonchev–Trinajstić information content (AvgIpc) is 2.96. The van der Waals surface area contributed by atoms with E-state index in [0.717, 1.165) is 46.1 Å². The Balaban J connectivity index is 1.83. The van der Waals surface area contributed by atoms with Gasteiger partial charge in [0.1, 0.15) is 10.7 Å². The molecule has 102 valence electrons. The van der Waals surface area contributed by atoms with E-state index in [1.54, 1.807) is 11.3 Å². The van der Waals surface area contributed by atoms with Gasteiger partial charge >= 0.3 is 0 Å². The van der Waals surface area contributed by atoms with E-state index in [2.05, 4.69) is 39.6 Å². The molecule has 0 fully saturated rings. The summed E-state index contributed by atoms with van der Waals surface area (Å²) in [5, 5.41) is 14.8. The molecule has 0 aliphatic carbocycles. The molecular weight excluding hydrogens is 268 g/mol. The predicted octanol–water partition coefficient (Wildman–Crippen LogP) is 3.25. The minimum atomic E-state index is 0.777. The van der Waals surface area contributed by atoms with Crippen LogP contribution in [0.4, 0.5) is 0 Å². The van der Waals surface area contributed by atoms with Gasteiger partial charge in [-0.05, 0) is 25.1 Å². The lowest BCUT2D eigenvalue weighted by molar-refractivity contribution is 0.668. The van der Waals surface area contributed by atoms with Gasteiger partial charge in [0.2, 0.25) is 0 Å². The smallest absolute Gasteiger partial charge is 0.166 e. The van der Waals surface area contributed by atoms with Crippen molar-refractivity contribution >= 4 is 22.2 Å². The van der Waals surface area contributed by atoms with E-state index in [0.29, 0.717) is 0 Å². The quantitative estimate of drug-likeness (QED) is 0.731. The van der Waals surface area contributed by atoms with Crippen LogP contribution in [0.3, 0.4) is 0 Å². The molecular formula is C15H16N4S. The molecule has 2 aromatic heterocycles.